The van der Waals surface area contributed by atoms with Gasteiger partial charge in [0.2, 0.25) is 11.8 Å². The molecule has 110 valence electrons. The van der Waals surface area contributed by atoms with Crippen molar-refractivity contribution >= 4 is 17.5 Å². The first-order chi connectivity index (χ1) is 9.90. The molecule has 1 N–H and O–H groups in total. The molecule has 0 aromatic heterocycles. The Kier molecular flexibility index (Phi) is 2.23. The molecule has 5 nitrogen and oxygen atoms in total. The summed E-state index contributed by atoms with van der Waals surface area (Å²) in [6.45, 7) is 3.72. The quantitative estimate of drug-likeness (QED) is 0.800. The summed E-state index contributed by atoms with van der Waals surface area (Å²) in [5.74, 6) is -0.264. The number of nitrogens with zero attached hydrogens (tertiary/aromatic N) is 1. The lowest BCUT2D eigenvalue weighted by Crippen LogP contribution is -2.48. The van der Waals surface area contributed by atoms with Crippen molar-refractivity contribution in [2.24, 2.45) is 10.8 Å². The molecule has 3 fully saturated rings. The van der Waals surface area contributed by atoms with Crippen LogP contribution in [0.5, 0.6) is 5.75 Å². The molecule has 1 aromatic rings. The van der Waals surface area contributed by atoms with E-state index in [0.717, 1.165) is 12.8 Å². The molecular formula is C16H17NO4. The van der Waals surface area contributed by atoms with Crippen LogP contribution in [0, 0.1) is 10.8 Å². The van der Waals surface area contributed by atoms with Gasteiger partial charge in [-0.3, -0.25) is 9.59 Å². The van der Waals surface area contributed by atoms with Crippen molar-refractivity contribution in [2.45, 2.75) is 38.9 Å². The first-order valence-corrected chi connectivity index (χ1v) is 7.24. The van der Waals surface area contributed by atoms with Crippen LogP contribution in [-0.4, -0.2) is 29.1 Å². The number of phenolic OH excluding ortho intramolecular Hbond substituents is 1. The van der Waals surface area contributed by atoms with Crippen LogP contribution in [0.25, 0.3) is 0 Å². The summed E-state index contributed by atoms with van der Waals surface area (Å²) in [6, 6.07) is 6.17. The molecule has 3 heterocycles. The predicted molar refractivity (Wildman–Crippen MR) is 74.7 cm³/mol. The van der Waals surface area contributed by atoms with Crippen molar-refractivity contribution < 1.29 is 19.4 Å². The maximum absolute atomic E-state index is 13.0. The van der Waals surface area contributed by atoms with Crippen LogP contribution < -0.4 is 4.90 Å². The van der Waals surface area contributed by atoms with Crippen LogP contribution in [0.2, 0.25) is 0 Å². The number of imide groups is 1. The highest BCUT2D eigenvalue weighted by Crippen LogP contribution is 2.64. The lowest BCUT2D eigenvalue weighted by Gasteiger charge is -2.36. The van der Waals surface area contributed by atoms with Gasteiger partial charge in [-0.2, -0.15) is 0 Å². The number of carbonyl (C=O) groups excluding carboxylic acids is 2. The van der Waals surface area contributed by atoms with Crippen molar-refractivity contribution in [3.05, 3.63) is 24.3 Å². The summed E-state index contributed by atoms with van der Waals surface area (Å²) in [5.41, 5.74) is -1.06. The molecule has 21 heavy (non-hydrogen) atoms. The fourth-order valence-electron chi connectivity index (χ4n) is 4.27. The number of anilines is 1. The summed E-state index contributed by atoms with van der Waals surface area (Å²) in [7, 11) is 0. The summed E-state index contributed by atoms with van der Waals surface area (Å²) in [5, 5.41) is 9.38. The van der Waals surface area contributed by atoms with Crippen molar-refractivity contribution in [1.29, 1.82) is 0 Å². The average molecular weight is 287 g/mol. The average Bonchev–Trinajstić information content (AvgIpc) is 3.07. The number of ether oxygens (including phenoxy) is 1. The largest absolute Gasteiger partial charge is 0.508 e. The highest BCUT2D eigenvalue weighted by Gasteiger charge is 2.77. The molecule has 0 radical (unpaired) electrons. The van der Waals surface area contributed by atoms with Gasteiger partial charge in [-0.15, -0.1) is 0 Å². The first-order valence-electron chi connectivity index (χ1n) is 7.24. The third-order valence-corrected chi connectivity index (χ3v) is 5.79. The Bertz CT molecular complexity index is 621. The minimum atomic E-state index is -0.787. The van der Waals surface area contributed by atoms with Gasteiger partial charge in [-0.1, -0.05) is 0 Å². The molecule has 4 rings (SSSR count). The number of benzene rings is 1. The van der Waals surface area contributed by atoms with Gasteiger partial charge in [0, 0.05) is 0 Å². The van der Waals surface area contributed by atoms with Gasteiger partial charge < -0.3 is 9.84 Å². The van der Waals surface area contributed by atoms with E-state index >= 15 is 0 Å². The molecule has 5 heteroatoms. The Morgan fingerprint density at radius 3 is 2.00 bits per heavy atom. The molecule has 2 bridgehead atoms. The summed E-state index contributed by atoms with van der Waals surface area (Å²) in [6.07, 6.45) is 1.32. The number of hydrogen-bond acceptors (Lipinski definition) is 4. The number of amides is 2. The fourth-order valence-corrected chi connectivity index (χ4v) is 4.27. The number of fused-ring (bicyclic) bond motifs is 5. The lowest BCUT2D eigenvalue weighted by molar-refractivity contribution is -0.132. The van der Waals surface area contributed by atoms with Crippen LogP contribution in [-0.2, 0) is 14.3 Å². The molecule has 3 aliphatic heterocycles. The third kappa shape index (κ3) is 1.22. The van der Waals surface area contributed by atoms with Gasteiger partial charge in [0.15, 0.2) is 0 Å². The second-order valence-corrected chi connectivity index (χ2v) is 6.56. The van der Waals surface area contributed by atoms with E-state index in [-0.39, 0.29) is 29.8 Å². The maximum atomic E-state index is 13.0. The van der Waals surface area contributed by atoms with Gasteiger partial charge in [-0.05, 0) is 51.0 Å². The Balaban J connectivity index is 1.85. The predicted octanol–water partition coefficient (Wildman–Crippen LogP) is 1.84. The van der Waals surface area contributed by atoms with Crippen LogP contribution in [0.15, 0.2) is 24.3 Å². The van der Waals surface area contributed by atoms with Gasteiger partial charge in [0.1, 0.15) is 5.75 Å². The molecule has 0 aliphatic carbocycles. The highest BCUT2D eigenvalue weighted by molar-refractivity contribution is 6.26. The zero-order chi connectivity index (χ0) is 15.0. The van der Waals surface area contributed by atoms with Gasteiger partial charge in [0.05, 0.1) is 28.7 Å². The lowest BCUT2D eigenvalue weighted by atomic mass is 9.59. The molecule has 2 amide bonds. The topological polar surface area (TPSA) is 66.8 Å². The fraction of sp³-hybridized carbons (Fsp3) is 0.500. The zero-order valence-corrected chi connectivity index (χ0v) is 12.0. The third-order valence-electron chi connectivity index (χ3n) is 5.79. The Hall–Kier alpha value is -1.88. The number of aromatic hydroxyl groups is 1. The molecule has 1 aromatic carbocycles. The van der Waals surface area contributed by atoms with Crippen molar-refractivity contribution in [2.75, 3.05) is 4.90 Å². The van der Waals surface area contributed by atoms with E-state index in [1.54, 1.807) is 12.1 Å². The van der Waals surface area contributed by atoms with Gasteiger partial charge in [-0.25, -0.2) is 4.90 Å². The molecule has 0 spiro atoms. The maximum Gasteiger partial charge on any atom is 0.243 e. The van der Waals surface area contributed by atoms with E-state index in [1.807, 2.05) is 13.8 Å². The molecule has 0 unspecified atom stereocenters. The van der Waals surface area contributed by atoms with E-state index in [4.69, 9.17) is 4.74 Å². The monoisotopic (exact) mass is 287 g/mol. The minimum absolute atomic E-state index is 0.110. The minimum Gasteiger partial charge on any atom is -0.508 e. The standard InChI is InChI=1S/C16H17NO4/c1-15-11-7-8-12(21-11)16(15,2)14(20)17(13(15)19)9-3-5-10(18)6-4-9/h3-6,11-12,18H,7-8H2,1-2H3/t11-,12+,15+,16-. The second-order valence-electron chi connectivity index (χ2n) is 6.56. The van der Waals surface area contributed by atoms with Crippen molar-refractivity contribution in [1.82, 2.24) is 0 Å². The number of carbonyl (C=O) groups is 2. The summed E-state index contributed by atoms with van der Waals surface area (Å²) < 4.78 is 5.88. The van der Waals surface area contributed by atoms with Crippen molar-refractivity contribution in [3.63, 3.8) is 0 Å². The van der Waals surface area contributed by atoms with E-state index in [0.29, 0.717) is 5.69 Å². The Morgan fingerprint density at radius 2 is 1.52 bits per heavy atom. The molecular weight excluding hydrogens is 270 g/mol. The highest BCUT2D eigenvalue weighted by atomic mass is 16.5. The molecule has 3 aliphatic rings. The Labute approximate surface area is 122 Å². The summed E-state index contributed by atoms with van der Waals surface area (Å²) in [4.78, 5) is 27.2. The molecule has 4 atom stereocenters. The van der Waals surface area contributed by atoms with Gasteiger partial charge >= 0.3 is 0 Å². The first kappa shape index (κ1) is 12.8. The SMILES string of the molecule is C[C@@]12C(=O)N(c3ccc(O)cc3)C(=O)[C@]1(C)[C@H]1CC[C@@H]2O1. The van der Waals surface area contributed by atoms with Crippen LogP contribution in [0.1, 0.15) is 26.7 Å². The zero-order valence-electron chi connectivity index (χ0n) is 12.0. The van der Waals surface area contributed by atoms with E-state index < -0.39 is 10.8 Å². The second kappa shape index (κ2) is 3.65. The smallest absolute Gasteiger partial charge is 0.243 e. The van der Waals surface area contributed by atoms with E-state index in [9.17, 15) is 14.7 Å². The Morgan fingerprint density at radius 1 is 1.05 bits per heavy atom. The van der Waals surface area contributed by atoms with Crippen LogP contribution in [0.3, 0.4) is 0 Å². The number of phenols is 1. The number of hydrogen-bond donors (Lipinski definition) is 1. The summed E-state index contributed by atoms with van der Waals surface area (Å²) >= 11 is 0. The molecule has 0 saturated carbocycles. The van der Waals surface area contributed by atoms with Gasteiger partial charge in [0.25, 0.3) is 0 Å². The van der Waals surface area contributed by atoms with Crippen LogP contribution >= 0.6 is 0 Å². The van der Waals surface area contributed by atoms with Crippen molar-refractivity contribution in [3.8, 4) is 5.75 Å². The van der Waals surface area contributed by atoms with E-state index in [1.165, 1.54) is 17.0 Å². The molecule has 3 saturated heterocycles. The van der Waals surface area contributed by atoms with E-state index in [2.05, 4.69) is 0 Å². The normalized spacial score (nSPS) is 41.0. The van der Waals surface area contributed by atoms with Crippen LogP contribution in [0.4, 0.5) is 5.69 Å². The number of rotatable bonds is 1.